The predicted molar refractivity (Wildman–Crippen MR) is 69.9 cm³/mol. The normalized spacial score (nSPS) is 23.0. The highest BCUT2D eigenvalue weighted by Gasteiger charge is 2.28. The zero-order valence-corrected chi connectivity index (χ0v) is 10.7. The fraction of sp³-hybridized carbons (Fsp3) is 0.429. The fourth-order valence-corrected chi connectivity index (χ4v) is 2.63. The van der Waals surface area contributed by atoms with Crippen LogP contribution >= 0.6 is 0 Å². The average molecular weight is 260 g/mol. The van der Waals surface area contributed by atoms with E-state index in [1.807, 2.05) is 31.2 Å². The summed E-state index contributed by atoms with van der Waals surface area (Å²) in [6.07, 6.45) is 2.00. The van der Waals surface area contributed by atoms with Gasteiger partial charge in [0.25, 0.3) is 0 Å². The van der Waals surface area contributed by atoms with E-state index < -0.39 is 5.97 Å². The number of carboxylic acids is 1. The summed E-state index contributed by atoms with van der Waals surface area (Å²) in [7, 11) is 0. The van der Waals surface area contributed by atoms with Gasteiger partial charge in [-0.2, -0.15) is 0 Å². The van der Waals surface area contributed by atoms with Gasteiger partial charge in [-0.25, -0.2) is 4.98 Å². The summed E-state index contributed by atoms with van der Waals surface area (Å²) in [6, 6.07) is 7.59. The van der Waals surface area contributed by atoms with Crippen molar-refractivity contribution in [1.29, 1.82) is 0 Å². The second-order valence-corrected chi connectivity index (χ2v) is 4.95. The summed E-state index contributed by atoms with van der Waals surface area (Å²) in [6.45, 7) is 1.95. The van der Waals surface area contributed by atoms with Gasteiger partial charge in [-0.05, 0) is 31.9 Å². The number of aliphatic carboxylic acids is 1. The average Bonchev–Trinajstić information content (AvgIpc) is 2.94. The van der Waals surface area contributed by atoms with E-state index in [0.29, 0.717) is 0 Å². The molecule has 1 aliphatic rings. The molecule has 2 atom stereocenters. The lowest BCUT2D eigenvalue weighted by Gasteiger charge is -2.12. The van der Waals surface area contributed by atoms with Crippen LogP contribution in [-0.2, 0) is 16.1 Å². The van der Waals surface area contributed by atoms with Crippen molar-refractivity contribution in [2.24, 2.45) is 0 Å². The Hall–Kier alpha value is -1.88. The van der Waals surface area contributed by atoms with Gasteiger partial charge in [0.2, 0.25) is 0 Å². The molecule has 2 heterocycles. The topological polar surface area (TPSA) is 64.4 Å². The maximum absolute atomic E-state index is 11.1. The molecule has 1 fully saturated rings. The third-order valence-corrected chi connectivity index (χ3v) is 3.50. The molecule has 0 aliphatic carbocycles. The van der Waals surface area contributed by atoms with Gasteiger partial charge in [0.1, 0.15) is 18.5 Å². The molecule has 2 aromatic rings. The molecule has 5 nitrogen and oxygen atoms in total. The minimum absolute atomic E-state index is 0.0793. The van der Waals surface area contributed by atoms with Gasteiger partial charge in [-0.1, -0.05) is 12.1 Å². The first kappa shape index (κ1) is 12.2. The highest BCUT2D eigenvalue weighted by molar-refractivity contribution is 5.78. The number of carbonyl (C=O) groups is 1. The minimum atomic E-state index is -0.865. The minimum Gasteiger partial charge on any atom is -0.480 e. The van der Waals surface area contributed by atoms with Crippen molar-refractivity contribution in [3.8, 4) is 0 Å². The second kappa shape index (κ2) is 4.66. The van der Waals surface area contributed by atoms with Gasteiger partial charge < -0.3 is 14.4 Å². The van der Waals surface area contributed by atoms with E-state index in [0.717, 1.165) is 29.7 Å². The number of carboxylic acid groups (broad SMARTS) is 1. The molecule has 1 aliphatic heterocycles. The molecule has 100 valence electrons. The van der Waals surface area contributed by atoms with Crippen LogP contribution in [-0.4, -0.2) is 26.7 Å². The number of ether oxygens (including phenoxy) is 1. The number of rotatable bonds is 3. The van der Waals surface area contributed by atoms with Crippen LogP contribution in [0, 0.1) is 0 Å². The van der Waals surface area contributed by atoms with Gasteiger partial charge in [0.05, 0.1) is 17.1 Å². The molecule has 0 radical (unpaired) electrons. The molecule has 3 rings (SSSR count). The van der Waals surface area contributed by atoms with Crippen LogP contribution in [0.5, 0.6) is 0 Å². The van der Waals surface area contributed by atoms with E-state index >= 15 is 0 Å². The SMILES string of the molecule is CC1CCC(c2nc3ccccc3n2CC(=O)O)O1. The first-order valence-electron chi connectivity index (χ1n) is 6.47. The van der Waals surface area contributed by atoms with Crippen LogP contribution in [0.15, 0.2) is 24.3 Å². The third-order valence-electron chi connectivity index (χ3n) is 3.50. The van der Waals surface area contributed by atoms with E-state index in [-0.39, 0.29) is 18.8 Å². The molecule has 1 aromatic heterocycles. The van der Waals surface area contributed by atoms with E-state index in [9.17, 15) is 4.79 Å². The zero-order valence-electron chi connectivity index (χ0n) is 10.7. The first-order valence-corrected chi connectivity index (χ1v) is 6.47. The summed E-state index contributed by atoms with van der Waals surface area (Å²) in [4.78, 5) is 15.6. The van der Waals surface area contributed by atoms with Gasteiger partial charge in [-0.3, -0.25) is 4.79 Å². The van der Waals surface area contributed by atoms with Crippen LogP contribution in [0.4, 0.5) is 0 Å². The first-order chi connectivity index (χ1) is 9.15. The lowest BCUT2D eigenvalue weighted by Crippen LogP contribution is -2.15. The number of nitrogens with zero attached hydrogens (tertiary/aromatic N) is 2. The molecule has 1 N–H and O–H groups in total. The number of benzene rings is 1. The highest BCUT2D eigenvalue weighted by atomic mass is 16.5. The van der Waals surface area contributed by atoms with Crippen molar-refractivity contribution in [3.05, 3.63) is 30.1 Å². The van der Waals surface area contributed by atoms with E-state index in [2.05, 4.69) is 4.98 Å². The Labute approximate surface area is 110 Å². The van der Waals surface area contributed by atoms with Crippen molar-refractivity contribution in [3.63, 3.8) is 0 Å². The summed E-state index contributed by atoms with van der Waals surface area (Å²) in [5.74, 6) is -0.136. The van der Waals surface area contributed by atoms with Crippen molar-refractivity contribution < 1.29 is 14.6 Å². The number of imidazole rings is 1. The quantitative estimate of drug-likeness (QED) is 0.920. The molecule has 1 aromatic carbocycles. The molecule has 0 bridgehead atoms. The van der Waals surface area contributed by atoms with Crippen molar-refractivity contribution in [1.82, 2.24) is 9.55 Å². The molecule has 0 saturated carbocycles. The van der Waals surface area contributed by atoms with Crippen molar-refractivity contribution >= 4 is 17.0 Å². The van der Waals surface area contributed by atoms with Crippen LogP contribution < -0.4 is 0 Å². The largest absolute Gasteiger partial charge is 0.480 e. The molecule has 0 amide bonds. The Kier molecular flexibility index (Phi) is 2.98. The molecule has 5 heteroatoms. The fourth-order valence-electron chi connectivity index (χ4n) is 2.63. The van der Waals surface area contributed by atoms with Crippen LogP contribution in [0.3, 0.4) is 0 Å². The maximum atomic E-state index is 11.1. The monoisotopic (exact) mass is 260 g/mol. The predicted octanol–water partition coefficient (Wildman–Crippen LogP) is 2.36. The Bertz CT molecular complexity index is 620. The van der Waals surface area contributed by atoms with Crippen molar-refractivity contribution in [2.75, 3.05) is 0 Å². The van der Waals surface area contributed by atoms with E-state index in [1.165, 1.54) is 0 Å². The molecule has 0 spiro atoms. The summed E-state index contributed by atoms with van der Waals surface area (Å²) in [5.41, 5.74) is 1.67. The molecule has 1 saturated heterocycles. The van der Waals surface area contributed by atoms with Gasteiger partial charge in [-0.15, -0.1) is 0 Å². The smallest absolute Gasteiger partial charge is 0.323 e. The Morgan fingerprint density at radius 2 is 2.26 bits per heavy atom. The van der Waals surface area contributed by atoms with Gasteiger partial charge >= 0.3 is 5.97 Å². The highest BCUT2D eigenvalue weighted by Crippen LogP contribution is 2.33. The number of para-hydroxylation sites is 2. The second-order valence-electron chi connectivity index (χ2n) is 4.95. The van der Waals surface area contributed by atoms with E-state index in [4.69, 9.17) is 9.84 Å². The molecular formula is C14H16N2O3. The maximum Gasteiger partial charge on any atom is 0.323 e. The van der Waals surface area contributed by atoms with Crippen molar-refractivity contribution in [2.45, 2.75) is 38.5 Å². The third kappa shape index (κ3) is 2.21. The number of hydrogen-bond acceptors (Lipinski definition) is 3. The standard InChI is InChI=1S/C14H16N2O3/c1-9-6-7-12(19-9)14-15-10-4-2-3-5-11(10)16(14)8-13(17)18/h2-5,9,12H,6-8H2,1H3,(H,17,18). The summed E-state index contributed by atoms with van der Waals surface area (Å²) >= 11 is 0. The van der Waals surface area contributed by atoms with Crippen LogP contribution in [0.1, 0.15) is 31.7 Å². The van der Waals surface area contributed by atoms with Crippen LogP contribution in [0.2, 0.25) is 0 Å². The Morgan fingerprint density at radius 3 is 2.95 bits per heavy atom. The molecule has 19 heavy (non-hydrogen) atoms. The number of fused-ring (bicyclic) bond motifs is 1. The number of hydrogen-bond donors (Lipinski definition) is 1. The summed E-state index contributed by atoms with van der Waals surface area (Å²) < 4.78 is 7.57. The lowest BCUT2D eigenvalue weighted by molar-refractivity contribution is -0.137. The molecular weight excluding hydrogens is 244 g/mol. The zero-order chi connectivity index (χ0) is 13.4. The van der Waals surface area contributed by atoms with Crippen LogP contribution in [0.25, 0.3) is 11.0 Å². The number of aromatic nitrogens is 2. The Morgan fingerprint density at radius 1 is 1.47 bits per heavy atom. The van der Waals surface area contributed by atoms with Gasteiger partial charge in [0.15, 0.2) is 0 Å². The summed E-state index contributed by atoms with van der Waals surface area (Å²) in [5, 5.41) is 9.07. The lowest BCUT2D eigenvalue weighted by atomic mass is 10.2. The van der Waals surface area contributed by atoms with Gasteiger partial charge in [0, 0.05) is 0 Å². The Balaban J connectivity index is 2.09. The van der Waals surface area contributed by atoms with E-state index in [1.54, 1.807) is 4.57 Å². The molecule has 2 unspecified atom stereocenters.